The van der Waals surface area contributed by atoms with E-state index in [1.165, 1.54) is 17.7 Å². The molecule has 2 aromatic carbocycles. The molecule has 5 rings (SSSR count). The lowest BCUT2D eigenvalue weighted by Gasteiger charge is -2.29. The van der Waals surface area contributed by atoms with Gasteiger partial charge in [0.1, 0.15) is 5.01 Å². The molecule has 2 amide bonds. The van der Waals surface area contributed by atoms with E-state index in [2.05, 4.69) is 20.6 Å². The Balaban J connectivity index is 1.42. The highest BCUT2D eigenvalue weighted by Crippen LogP contribution is 2.24. The number of aromatic nitrogens is 2. The van der Waals surface area contributed by atoms with Gasteiger partial charge in [-0.15, -0.1) is 11.3 Å². The van der Waals surface area contributed by atoms with Crippen LogP contribution in [0.5, 0.6) is 0 Å². The van der Waals surface area contributed by atoms with Crippen molar-refractivity contribution in [3.63, 3.8) is 0 Å². The van der Waals surface area contributed by atoms with Crippen LogP contribution in [0.15, 0.2) is 70.9 Å². The van der Waals surface area contributed by atoms with E-state index in [4.69, 9.17) is 4.42 Å². The number of hydrogen-bond donors (Lipinski definition) is 3. The van der Waals surface area contributed by atoms with Crippen molar-refractivity contribution in [3.8, 4) is 11.3 Å². The van der Waals surface area contributed by atoms with Crippen LogP contribution in [-0.4, -0.2) is 63.6 Å². The number of carbonyl (C=O) groups excluding carboxylic acids is 2. The summed E-state index contributed by atoms with van der Waals surface area (Å²) in [6, 6.07) is 14.1. The van der Waals surface area contributed by atoms with Gasteiger partial charge in [-0.2, -0.15) is 0 Å². The van der Waals surface area contributed by atoms with Crippen LogP contribution < -0.4 is 10.6 Å². The summed E-state index contributed by atoms with van der Waals surface area (Å²) in [5.74, 6) is -0.191. The third-order valence-electron chi connectivity index (χ3n) is 7.08. The van der Waals surface area contributed by atoms with E-state index in [1.807, 2.05) is 42.6 Å². The van der Waals surface area contributed by atoms with Gasteiger partial charge in [0.15, 0.2) is 12.2 Å². The molecule has 1 aliphatic rings. The number of aliphatic hydroxyl groups excluding tert-OH is 1. The van der Waals surface area contributed by atoms with Crippen molar-refractivity contribution in [2.75, 3.05) is 13.6 Å². The molecule has 10 heteroatoms. The highest BCUT2D eigenvalue weighted by Gasteiger charge is 2.31. The Morgan fingerprint density at radius 3 is 2.70 bits per heavy atom. The fourth-order valence-corrected chi connectivity index (χ4v) is 5.84. The summed E-state index contributed by atoms with van der Waals surface area (Å²) in [5, 5.41) is 20.4. The van der Waals surface area contributed by atoms with Crippen LogP contribution in [0.2, 0.25) is 0 Å². The van der Waals surface area contributed by atoms with Crippen LogP contribution in [0, 0.1) is 6.92 Å². The van der Waals surface area contributed by atoms with E-state index < -0.39 is 12.1 Å². The van der Waals surface area contributed by atoms with Crippen LogP contribution in [0.4, 0.5) is 0 Å². The lowest BCUT2D eigenvalue weighted by molar-refractivity contribution is 0.0737. The number of amides is 2. The second-order valence-electron chi connectivity index (χ2n) is 10.2. The third-order valence-corrected chi connectivity index (χ3v) is 8.03. The van der Waals surface area contributed by atoms with Gasteiger partial charge in [-0.3, -0.25) is 9.59 Å². The molecule has 1 saturated heterocycles. The SMILES string of the molecule is Cc1csc(CN(C)C(=O)c2cc(C(=O)NC(Cc3ccccc3)C(O)C3CCCN3)cc(-c3cnco3)c2)n1. The van der Waals surface area contributed by atoms with Crippen molar-refractivity contribution >= 4 is 23.2 Å². The largest absolute Gasteiger partial charge is 0.444 e. The average Bonchev–Trinajstić information content (AvgIpc) is 3.76. The standard InChI is InChI=1S/C30H33N5O4S/c1-19-17-40-27(33-19)16-35(2)30(38)23-13-21(26-15-31-18-39-26)12-22(14-23)29(37)34-25(11-20-7-4-3-5-8-20)28(36)24-9-6-10-32-24/h3-5,7-8,12-15,17-18,24-25,28,32,36H,6,9-11,16H2,1-2H3,(H,34,37). The van der Waals surface area contributed by atoms with Crippen molar-refractivity contribution in [3.05, 3.63) is 93.9 Å². The Kier molecular flexibility index (Phi) is 8.69. The van der Waals surface area contributed by atoms with Crippen LogP contribution in [0.25, 0.3) is 11.3 Å². The van der Waals surface area contributed by atoms with Crippen LogP contribution in [0.3, 0.4) is 0 Å². The van der Waals surface area contributed by atoms with E-state index >= 15 is 0 Å². The summed E-state index contributed by atoms with van der Waals surface area (Å²) < 4.78 is 5.49. The van der Waals surface area contributed by atoms with Crippen molar-refractivity contribution in [1.82, 2.24) is 25.5 Å². The Morgan fingerprint density at radius 1 is 1.23 bits per heavy atom. The fraction of sp³-hybridized carbons (Fsp3) is 0.333. The first-order valence-corrected chi connectivity index (χ1v) is 14.2. The molecule has 3 heterocycles. The Bertz CT molecular complexity index is 1430. The van der Waals surface area contributed by atoms with Crippen LogP contribution in [-0.2, 0) is 13.0 Å². The number of nitrogens with zero attached hydrogens (tertiary/aromatic N) is 3. The number of thiazole rings is 1. The average molecular weight is 560 g/mol. The highest BCUT2D eigenvalue weighted by molar-refractivity contribution is 7.09. The molecule has 3 atom stereocenters. The van der Waals surface area contributed by atoms with Gasteiger partial charge >= 0.3 is 0 Å². The quantitative estimate of drug-likeness (QED) is 0.270. The van der Waals surface area contributed by atoms with Gasteiger partial charge in [0, 0.05) is 40.9 Å². The van der Waals surface area contributed by atoms with Crippen molar-refractivity contribution < 1.29 is 19.1 Å². The Hall–Kier alpha value is -3.86. The molecule has 40 heavy (non-hydrogen) atoms. The lowest BCUT2D eigenvalue weighted by atomic mass is 9.94. The molecule has 0 radical (unpaired) electrons. The van der Waals surface area contributed by atoms with Gasteiger partial charge in [0.25, 0.3) is 11.8 Å². The molecule has 0 bridgehead atoms. The van der Waals surface area contributed by atoms with Crippen LogP contribution >= 0.6 is 11.3 Å². The second kappa shape index (κ2) is 12.5. The lowest BCUT2D eigenvalue weighted by Crippen LogP contribution is -2.52. The summed E-state index contributed by atoms with van der Waals surface area (Å²) in [4.78, 5) is 37.2. The summed E-state index contributed by atoms with van der Waals surface area (Å²) in [7, 11) is 1.71. The number of benzene rings is 2. The second-order valence-corrected chi connectivity index (χ2v) is 11.1. The van der Waals surface area contributed by atoms with Gasteiger partial charge in [-0.1, -0.05) is 30.3 Å². The van der Waals surface area contributed by atoms with Gasteiger partial charge in [0.05, 0.1) is 24.9 Å². The number of aliphatic hydroxyl groups is 1. The predicted molar refractivity (Wildman–Crippen MR) is 153 cm³/mol. The van der Waals surface area contributed by atoms with E-state index in [0.29, 0.717) is 35.4 Å². The number of carbonyl (C=O) groups is 2. The molecule has 9 nitrogen and oxygen atoms in total. The molecule has 0 spiro atoms. The molecule has 0 saturated carbocycles. The Morgan fingerprint density at radius 2 is 2.02 bits per heavy atom. The highest BCUT2D eigenvalue weighted by atomic mass is 32.1. The molecule has 0 aliphatic carbocycles. The number of nitrogens with one attached hydrogen (secondary N) is 2. The molecular weight excluding hydrogens is 526 g/mol. The maximum Gasteiger partial charge on any atom is 0.254 e. The maximum atomic E-state index is 13.7. The number of aryl methyl sites for hydroxylation is 1. The zero-order chi connectivity index (χ0) is 28.1. The zero-order valence-corrected chi connectivity index (χ0v) is 23.4. The number of hydrogen-bond acceptors (Lipinski definition) is 8. The van der Waals surface area contributed by atoms with E-state index in [9.17, 15) is 14.7 Å². The van der Waals surface area contributed by atoms with E-state index in [1.54, 1.807) is 36.3 Å². The van der Waals surface area contributed by atoms with E-state index in [0.717, 1.165) is 35.7 Å². The summed E-state index contributed by atoms with van der Waals surface area (Å²) in [6.45, 7) is 3.11. The molecule has 3 N–H and O–H groups in total. The Labute approximate surface area is 237 Å². The summed E-state index contributed by atoms with van der Waals surface area (Å²) in [5.41, 5.74) is 3.11. The first kappa shape index (κ1) is 27.7. The molecule has 1 aliphatic heterocycles. The summed E-state index contributed by atoms with van der Waals surface area (Å²) >= 11 is 1.50. The van der Waals surface area contributed by atoms with Crippen LogP contribution in [0.1, 0.15) is 49.8 Å². The number of oxazole rings is 1. The smallest absolute Gasteiger partial charge is 0.254 e. The zero-order valence-electron chi connectivity index (χ0n) is 22.5. The van der Waals surface area contributed by atoms with Crippen molar-refractivity contribution in [1.29, 1.82) is 0 Å². The third kappa shape index (κ3) is 6.64. The first-order chi connectivity index (χ1) is 19.4. The minimum atomic E-state index is -0.780. The number of rotatable bonds is 10. The minimum Gasteiger partial charge on any atom is -0.444 e. The van der Waals surface area contributed by atoms with Crippen molar-refractivity contribution in [2.45, 2.75) is 50.9 Å². The molecule has 1 fully saturated rings. The normalized spacial score (nSPS) is 16.4. The monoisotopic (exact) mass is 559 g/mol. The first-order valence-electron chi connectivity index (χ1n) is 13.3. The molecule has 4 aromatic rings. The summed E-state index contributed by atoms with van der Waals surface area (Å²) in [6.07, 6.45) is 4.36. The predicted octanol–water partition coefficient (Wildman–Crippen LogP) is 3.83. The minimum absolute atomic E-state index is 0.102. The van der Waals surface area contributed by atoms with Gasteiger partial charge in [-0.05, 0) is 56.5 Å². The molecule has 208 valence electrons. The van der Waals surface area contributed by atoms with Gasteiger partial charge in [0.2, 0.25) is 0 Å². The van der Waals surface area contributed by atoms with E-state index in [-0.39, 0.29) is 17.9 Å². The van der Waals surface area contributed by atoms with Crippen molar-refractivity contribution in [2.24, 2.45) is 0 Å². The molecule has 3 unspecified atom stereocenters. The molecule has 2 aromatic heterocycles. The fourth-order valence-electron chi connectivity index (χ4n) is 5.01. The van der Waals surface area contributed by atoms with Gasteiger partial charge in [-0.25, -0.2) is 9.97 Å². The van der Waals surface area contributed by atoms with Gasteiger partial charge < -0.3 is 25.1 Å². The maximum absolute atomic E-state index is 13.7. The topological polar surface area (TPSA) is 121 Å². The molecular formula is C30H33N5O4S.